The summed E-state index contributed by atoms with van der Waals surface area (Å²) in [5.74, 6) is 0. The predicted octanol–water partition coefficient (Wildman–Crippen LogP) is 1.64. The molecule has 1 heterocycles. The van der Waals surface area contributed by atoms with Crippen LogP contribution in [0.1, 0.15) is 32.1 Å². The third kappa shape index (κ3) is 2.68. The van der Waals surface area contributed by atoms with Gasteiger partial charge >= 0.3 is 0 Å². The maximum atomic E-state index is 12.3. The molecule has 1 saturated heterocycles. The van der Waals surface area contributed by atoms with Crippen molar-refractivity contribution >= 4 is 10.0 Å². The molecule has 2 N–H and O–H groups in total. The molecule has 1 saturated carbocycles. The summed E-state index contributed by atoms with van der Waals surface area (Å²) >= 11 is 0. The predicted molar refractivity (Wildman–Crippen MR) is 74.4 cm³/mol. The number of hydrogen-bond donors (Lipinski definition) is 2. The molecule has 1 aliphatic carbocycles. The van der Waals surface area contributed by atoms with Gasteiger partial charge < -0.3 is 5.32 Å². The highest BCUT2D eigenvalue weighted by Crippen LogP contribution is 2.38. The largest absolute Gasteiger partial charge is 0.311 e. The Labute approximate surface area is 114 Å². The van der Waals surface area contributed by atoms with Gasteiger partial charge in [0.2, 0.25) is 10.0 Å². The van der Waals surface area contributed by atoms with Crippen molar-refractivity contribution in [2.45, 2.75) is 48.6 Å². The lowest BCUT2D eigenvalue weighted by Gasteiger charge is -2.48. The number of benzene rings is 1. The molecule has 1 aliphatic heterocycles. The zero-order valence-corrected chi connectivity index (χ0v) is 11.7. The first-order valence-electron chi connectivity index (χ1n) is 6.92. The van der Waals surface area contributed by atoms with Crippen LogP contribution in [0.4, 0.5) is 0 Å². The normalized spacial score (nSPS) is 26.0. The summed E-state index contributed by atoms with van der Waals surface area (Å²) in [5, 5.41) is 3.55. The van der Waals surface area contributed by atoms with E-state index in [-0.39, 0.29) is 11.6 Å². The second-order valence-corrected chi connectivity index (χ2v) is 7.40. The Balaban J connectivity index is 1.71. The SMILES string of the molecule is O=S(=O)(NC1CCNC2(CCC2)C1)c1ccccc1. The molecule has 1 spiro atoms. The monoisotopic (exact) mass is 280 g/mol. The molecule has 0 bridgehead atoms. The van der Waals surface area contributed by atoms with E-state index in [1.807, 2.05) is 6.07 Å². The molecule has 1 unspecified atom stereocenters. The number of hydrogen-bond acceptors (Lipinski definition) is 3. The van der Waals surface area contributed by atoms with Crippen LogP contribution in [0.25, 0.3) is 0 Å². The Hall–Kier alpha value is -0.910. The van der Waals surface area contributed by atoms with Crippen molar-refractivity contribution < 1.29 is 8.42 Å². The van der Waals surface area contributed by atoms with Gasteiger partial charge in [-0.15, -0.1) is 0 Å². The zero-order valence-electron chi connectivity index (χ0n) is 10.9. The van der Waals surface area contributed by atoms with Crippen molar-refractivity contribution in [1.29, 1.82) is 0 Å². The van der Waals surface area contributed by atoms with Gasteiger partial charge in [0.1, 0.15) is 0 Å². The molecule has 5 heteroatoms. The topological polar surface area (TPSA) is 58.2 Å². The Morgan fingerprint density at radius 2 is 1.95 bits per heavy atom. The first-order valence-corrected chi connectivity index (χ1v) is 8.40. The van der Waals surface area contributed by atoms with Crippen LogP contribution in [0.5, 0.6) is 0 Å². The highest BCUT2D eigenvalue weighted by molar-refractivity contribution is 7.89. The maximum absolute atomic E-state index is 12.3. The van der Waals surface area contributed by atoms with E-state index in [0.29, 0.717) is 4.90 Å². The lowest BCUT2D eigenvalue weighted by molar-refractivity contribution is 0.126. The van der Waals surface area contributed by atoms with Gasteiger partial charge in [-0.05, 0) is 50.8 Å². The van der Waals surface area contributed by atoms with Crippen LogP contribution in [-0.2, 0) is 10.0 Å². The average molecular weight is 280 g/mol. The van der Waals surface area contributed by atoms with E-state index >= 15 is 0 Å². The fourth-order valence-electron chi connectivity index (χ4n) is 3.13. The number of nitrogens with one attached hydrogen (secondary N) is 2. The van der Waals surface area contributed by atoms with Gasteiger partial charge in [-0.3, -0.25) is 0 Å². The van der Waals surface area contributed by atoms with E-state index in [9.17, 15) is 8.42 Å². The Morgan fingerprint density at radius 1 is 1.21 bits per heavy atom. The van der Waals surface area contributed by atoms with Crippen molar-refractivity contribution in [2.75, 3.05) is 6.54 Å². The molecule has 1 aromatic rings. The molecule has 0 aromatic heterocycles. The first-order chi connectivity index (χ1) is 9.10. The quantitative estimate of drug-likeness (QED) is 0.885. The van der Waals surface area contributed by atoms with Gasteiger partial charge in [0.05, 0.1) is 4.90 Å². The lowest BCUT2D eigenvalue weighted by atomic mass is 9.70. The summed E-state index contributed by atoms with van der Waals surface area (Å²) in [5.41, 5.74) is 0.210. The minimum absolute atomic E-state index is 0.0618. The number of rotatable bonds is 3. The highest BCUT2D eigenvalue weighted by Gasteiger charge is 2.41. The number of piperidine rings is 1. The Bertz CT molecular complexity index is 538. The van der Waals surface area contributed by atoms with Crippen LogP contribution in [0.2, 0.25) is 0 Å². The van der Waals surface area contributed by atoms with Crippen LogP contribution < -0.4 is 10.0 Å². The molecule has 4 nitrogen and oxygen atoms in total. The van der Waals surface area contributed by atoms with E-state index in [0.717, 1.165) is 19.4 Å². The van der Waals surface area contributed by atoms with Gasteiger partial charge in [-0.25, -0.2) is 13.1 Å². The van der Waals surface area contributed by atoms with Crippen molar-refractivity contribution in [3.8, 4) is 0 Å². The molecule has 2 fully saturated rings. The third-order valence-electron chi connectivity index (χ3n) is 4.32. The summed E-state index contributed by atoms with van der Waals surface area (Å²) in [6.07, 6.45) is 5.39. The maximum Gasteiger partial charge on any atom is 0.240 e. The summed E-state index contributed by atoms with van der Waals surface area (Å²) < 4.78 is 27.4. The summed E-state index contributed by atoms with van der Waals surface area (Å²) in [7, 11) is -3.37. The molecule has 1 atom stereocenters. The van der Waals surface area contributed by atoms with Crippen molar-refractivity contribution in [3.05, 3.63) is 30.3 Å². The van der Waals surface area contributed by atoms with Crippen LogP contribution in [0.15, 0.2) is 35.2 Å². The fourth-order valence-corrected chi connectivity index (χ4v) is 4.42. The summed E-state index contributed by atoms with van der Waals surface area (Å²) in [6.45, 7) is 0.905. The van der Waals surface area contributed by atoms with Crippen molar-refractivity contribution in [3.63, 3.8) is 0 Å². The number of sulfonamides is 1. The van der Waals surface area contributed by atoms with Gasteiger partial charge in [0.15, 0.2) is 0 Å². The van der Waals surface area contributed by atoms with E-state index in [1.54, 1.807) is 24.3 Å². The second-order valence-electron chi connectivity index (χ2n) is 5.68. The van der Waals surface area contributed by atoms with Crippen molar-refractivity contribution in [2.24, 2.45) is 0 Å². The van der Waals surface area contributed by atoms with Gasteiger partial charge in [0, 0.05) is 11.6 Å². The molecule has 2 aliphatic rings. The minimum atomic E-state index is -3.37. The van der Waals surface area contributed by atoms with Crippen LogP contribution in [-0.4, -0.2) is 26.5 Å². The molecule has 0 radical (unpaired) electrons. The molecule has 1 aromatic carbocycles. The summed E-state index contributed by atoms with van der Waals surface area (Å²) in [4.78, 5) is 0.358. The van der Waals surface area contributed by atoms with Gasteiger partial charge in [-0.1, -0.05) is 18.2 Å². The van der Waals surface area contributed by atoms with E-state index in [2.05, 4.69) is 10.0 Å². The molecule has 3 rings (SSSR count). The third-order valence-corrected chi connectivity index (χ3v) is 5.85. The standard InChI is InChI=1S/C14H20N2O2S/c17-19(18,13-5-2-1-3-6-13)16-12-7-10-15-14(11-12)8-4-9-14/h1-3,5-6,12,15-16H,4,7-11H2. The van der Waals surface area contributed by atoms with Gasteiger partial charge in [-0.2, -0.15) is 0 Å². The Morgan fingerprint density at radius 3 is 2.58 bits per heavy atom. The van der Waals surface area contributed by atoms with Gasteiger partial charge in [0.25, 0.3) is 0 Å². The Kier molecular flexibility index (Phi) is 3.37. The molecular formula is C14H20N2O2S. The smallest absolute Gasteiger partial charge is 0.240 e. The molecular weight excluding hydrogens is 260 g/mol. The van der Waals surface area contributed by atoms with E-state index < -0.39 is 10.0 Å². The fraction of sp³-hybridized carbons (Fsp3) is 0.571. The van der Waals surface area contributed by atoms with Crippen LogP contribution in [0, 0.1) is 0 Å². The van der Waals surface area contributed by atoms with E-state index in [1.165, 1.54) is 19.3 Å². The molecule has 104 valence electrons. The van der Waals surface area contributed by atoms with Crippen LogP contribution in [0.3, 0.4) is 0 Å². The van der Waals surface area contributed by atoms with Crippen LogP contribution >= 0.6 is 0 Å². The van der Waals surface area contributed by atoms with Crippen molar-refractivity contribution in [1.82, 2.24) is 10.0 Å². The molecule has 19 heavy (non-hydrogen) atoms. The second kappa shape index (κ2) is 4.89. The average Bonchev–Trinajstić information content (AvgIpc) is 2.38. The zero-order chi connectivity index (χ0) is 13.3. The van der Waals surface area contributed by atoms with E-state index in [4.69, 9.17) is 0 Å². The summed E-state index contributed by atoms with van der Waals surface area (Å²) in [6, 6.07) is 8.68. The molecule has 0 amide bonds. The highest BCUT2D eigenvalue weighted by atomic mass is 32.2. The first kappa shape index (κ1) is 13.1. The minimum Gasteiger partial charge on any atom is -0.311 e. The lowest BCUT2D eigenvalue weighted by Crippen LogP contribution is -2.59.